The molecule has 0 atom stereocenters. The molecule has 112 valence electrons. The number of nitrogens with zero attached hydrogens (tertiary/aromatic N) is 4. The van der Waals surface area contributed by atoms with Crippen molar-refractivity contribution in [3.8, 4) is 5.75 Å². The Labute approximate surface area is 123 Å². The Bertz CT molecular complexity index is 607. The van der Waals surface area contributed by atoms with Crippen LogP contribution in [0.5, 0.6) is 5.75 Å². The molecular formula is C14H18N4O3. The minimum Gasteiger partial charge on any atom is -0.495 e. The zero-order valence-electron chi connectivity index (χ0n) is 12.5. The second-order valence-electron chi connectivity index (χ2n) is 4.84. The first kappa shape index (κ1) is 15.0. The van der Waals surface area contributed by atoms with Crippen molar-refractivity contribution in [1.82, 2.24) is 15.0 Å². The molecule has 2 aromatic heterocycles. The SMILES string of the molecule is COc1ccc(N(C)C(=O)c2cc(CN(C)C)on2)nc1. The lowest BCUT2D eigenvalue weighted by Gasteiger charge is -2.14. The largest absolute Gasteiger partial charge is 0.495 e. The third kappa shape index (κ3) is 3.57. The Morgan fingerprint density at radius 1 is 1.33 bits per heavy atom. The maximum absolute atomic E-state index is 12.3. The highest BCUT2D eigenvalue weighted by Gasteiger charge is 2.19. The standard InChI is InChI=1S/C14H18N4O3/c1-17(2)9-11-7-12(16-21-11)14(19)18(3)13-6-5-10(20-4)8-15-13/h5-8H,9H2,1-4H3. The molecule has 0 saturated carbocycles. The van der Waals surface area contributed by atoms with Crippen LogP contribution in [0.15, 0.2) is 28.9 Å². The summed E-state index contributed by atoms with van der Waals surface area (Å²) < 4.78 is 10.2. The molecule has 0 fully saturated rings. The van der Waals surface area contributed by atoms with Crippen molar-refractivity contribution in [3.05, 3.63) is 35.9 Å². The summed E-state index contributed by atoms with van der Waals surface area (Å²) in [6, 6.07) is 5.09. The summed E-state index contributed by atoms with van der Waals surface area (Å²) in [6.07, 6.45) is 1.55. The molecule has 2 rings (SSSR count). The van der Waals surface area contributed by atoms with E-state index in [1.165, 1.54) is 4.90 Å². The minimum atomic E-state index is -0.276. The number of carbonyl (C=O) groups excluding carboxylic acids is 1. The van der Waals surface area contributed by atoms with E-state index in [-0.39, 0.29) is 11.6 Å². The molecule has 1 amide bonds. The van der Waals surface area contributed by atoms with Crippen LogP contribution in [0.2, 0.25) is 0 Å². The summed E-state index contributed by atoms with van der Waals surface area (Å²) in [5, 5.41) is 3.80. The molecule has 0 aliphatic rings. The van der Waals surface area contributed by atoms with Gasteiger partial charge in [-0.1, -0.05) is 5.16 Å². The number of anilines is 1. The Morgan fingerprint density at radius 3 is 2.67 bits per heavy atom. The van der Waals surface area contributed by atoms with Gasteiger partial charge in [0.2, 0.25) is 0 Å². The molecule has 2 heterocycles. The molecule has 0 spiro atoms. The van der Waals surface area contributed by atoms with Crippen molar-refractivity contribution in [2.45, 2.75) is 6.54 Å². The molecule has 0 aliphatic carbocycles. The smallest absolute Gasteiger partial charge is 0.281 e. The van der Waals surface area contributed by atoms with E-state index < -0.39 is 0 Å². The maximum Gasteiger partial charge on any atom is 0.281 e. The number of methoxy groups -OCH3 is 1. The molecule has 0 saturated heterocycles. The Kier molecular flexibility index (Phi) is 4.54. The van der Waals surface area contributed by atoms with E-state index in [0.29, 0.717) is 23.9 Å². The molecule has 0 aromatic carbocycles. The fourth-order valence-electron chi connectivity index (χ4n) is 1.77. The molecule has 0 radical (unpaired) electrons. The zero-order valence-corrected chi connectivity index (χ0v) is 12.5. The highest BCUT2D eigenvalue weighted by molar-refractivity contribution is 6.03. The number of aromatic nitrogens is 2. The first-order chi connectivity index (χ1) is 10.0. The Hall–Kier alpha value is -2.41. The van der Waals surface area contributed by atoms with Gasteiger partial charge in [0.05, 0.1) is 19.9 Å². The van der Waals surface area contributed by atoms with Gasteiger partial charge in [0.25, 0.3) is 5.91 Å². The van der Waals surface area contributed by atoms with Crippen molar-refractivity contribution in [1.29, 1.82) is 0 Å². The van der Waals surface area contributed by atoms with E-state index in [1.807, 2.05) is 19.0 Å². The fourth-order valence-corrected chi connectivity index (χ4v) is 1.77. The predicted octanol–water partition coefficient (Wildman–Crippen LogP) is 1.42. The van der Waals surface area contributed by atoms with Crippen LogP contribution < -0.4 is 9.64 Å². The van der Waals surface area contributed by atoms with Gasteiger partial charge in [-0.05, 0) is 26.2 Å². The summed E-state index contributed by atoms with van der Waals surface area (Å²) in [6.45, 7) is 0.588. The number of rotatable bonds is 5. The molecule has 2 aromatic rings. The highest BCUT2D eigenvalue weighted by Crippen LogP contribution is 2.16. The molecule has 0 bridgehead atoms. The Balaban J connectivity index is 2.12. The third-order valence-corrected chi connectivity index (χ3v) is 2.85. The van der Waals surface area contributed by atoms with Crippen molar-refractivity contribution in [2.75, 3.05) is 33.2 Å². The average molecular weight is 290 g/mol. The van der Waals surface area contributed by atoms with Crippen molar-refractivity contribution in [3.63, 3.8) is 0 Å². The lowest BCUT2D eigenvalue weighted by atomic mass is 10.3. The third-order valence-electron chi connectivity index (χ3n) is 2.85. The van der Waals surface area contributed by atoms with Gasteiger partial charge in [-0.3, -0.25) is 9.69 Å². The van der Waals surface area contributed by atoms with Gasteiger partial charge < -0.3 is 14.2 Å². The number of ether oxygens (including phenoxy) is 1. The van der Waals surface area contributed by atoms with E-state index in [4.69, 9.17) is 9.26 Å². The normalized spacial score (nSPS) is 10.7. The number of carbonyl (C=O) groups is 1. The van der Waals surface area contributed by atoms with Crippen LogP contribution in [0, 0.1) is 0 Å². The minimum absolute atomic E-state index is 0.256. The Morgan fingerprint density at radius 2 is 2.10 bits per heavy atom. The summed E-state index contributed by atoms with van der Waals surface area (Å²) in [5.74, 6) is 1.51. The highest BCUT2D eigenvalue weighted by atomic mass is 16.5. The van der Waals surface area contributed by atoms with Gasteiger partial charge >= 0.3 is 0 Å². The predicted molar refractivity (Wildman–Crippen MR) is 77.4 cm³/mol. The monoisotopic (exact) mass is 290 g/mol. The van der Waals surface area contributed by atoms with Crippen molar-refractivity contribution >= 4 is 11.7 Å². The van der Waals surface area contributed by atoms with Crippen LogP contribution in [0.1, 0.15) is 16.2 Å². The van der Waals surface area contributed by atoms with E-state index >= 15 is 0 Å². The van der Waals surface area contributed by atoms with Crippen molar-refractivity contribution in [2.24, 2.45) is 0 Å². The lowest BCUT2D eigenvalue weighted by Crippen LogP contribution is -2.27. The quantitative estimate of drug-likeness (QED) is 0.829. The van der Waals surface area contributed by atoms with Crippen LogP contribution in [-0.2, 0) is 6.54 Å². The molecule has 21 heavy (non-hydrogen) atoms. The van der Waals surface area contributed by atoms with Crippen LogP contribution >= 0.6 is 0 Å². The summed E-state index contributed by atoms with van der Waals surface area (Å²) >= 11 is 0. The van der Waals surface area contributed by atoms with Crippen LogP contribution in [-0.4, -0.2) is 49.2 Å². The van der Waals surface area contributed by atoms with Gasteiger partial charge in [0.1, 0.15) is 11.6 Å². The average Bonchev–Trinajstić information content (AvgIpc) is 2.93. The van der Waals surface area contributed by atoms with Crippen molar-refractivity contribution < 1.29 is 14.1 Å². The van der Waals surface area contributed by atoms with Gasteiger partial charge in [-0.2, -0.15) is 0 Å². The summed E-state index contributed by atoms with van der Waals surface area (Å²) in [5.41, 5.74) is 0.256. The van der Waals surface area contributed by atoms with Crippen LogP contribution in [0.4, 0.5) is 5.82 Å². The number of hydrogen-bond donors (Lipinski definition) is 0. The summed E-state index contributed by atoms with van der Waals surface area (Å²) in [4.78, 5) is 19.8. The van der Waals surface area contributed by atoms with Gasteiger partial charge in [-0.25, -0.2) is 4.98 Å². The second kappa shape index (κ2) is 6.36. The second-order valence-corrected chi connectivity index (χ2v) is 4.84. The lowest BCUT2D eigenvalue weighted by molar-refractivity contribution is 0.0983. The fraction of sp³-hybridized carbons (Fsp3) is 0.357. The topological polar surface area (TPSA) is 71.7 Å². The molecular weight excluding hydrogens is 272 g/mol. The number of amides is 1. The molecule has 0 N–H and O–H groups in total. The van der Waals surface area contributed by atoms with Gasteiger partial charge in [0.15, 0.2) is 11.5 Å². The number of pyridine rings is 1. The molecule has 7 heteroatoms. The van der Waals surface area contributed by atoms with E-state index in [1.54, 1.807) is 38.6 Å². The van der Waals surface area contributed by atoms with Gasteiger partial charge in [-0.15, -0.1) is 0 Å². The van der Waals surface area contributed by atoms with E-state index in [9.17, 15) is 4.79 Å². The first-order valence-corrected chi connectivity index (χ1v) is 6.39. The first-order valence-electron chi connectivity index (χ1n) is 6.39. The van der Waals surface area contributed by atoms with Gasteiger partial charge in [0, 0.05) is 13.1 Å². The molecule has 0 unspecified atom stereocenters. The van der Waals surface area contributed by atoms with Crippen LogP contribution in [0.3, 0.4) is 0 Å². The maximum atomic E-state index is 12.3. The van der Waals surface area contributed by atoms with E-state index in [0.717, 1.165) is 0 Å². The summed E-state index contributed by atoms with van der Waals surface area (Å²) in [7, 11) is 7.03. The van der Waals surface area contributed by atoms with Crippen LogP contribution in [0.25, 0.3) is 0 Å². The van der Waals surface area contributed by atoms with E-state index in [2.05, 4.69) is 10.1 Å². The zero-order chi connectivity index (χ0) is 15.4. The molecule has 7 nitrogen and oxygen atoms in total. The number of hydrogen-bond acceptors (Lipinski definition) is 6. The molecule has 0 aliphatic heterocycles.